The molecule has 2 aromatic rings. The molecule has 0 radical (unpaired) electrons. The first-order valence-corrected chi connectivity index (χ1v) is 11.0. The Morgan fingerprint density at radius 3 is 2.50 bits per heavy atom. The van der Waals surface area contributed by atoms with E-state index in [1.54, 1.807) is 10.4 Å². The minimum absolute atomic E-state index is 0.174. The van der Waals surface area contributed by atoms with Crippen molar-refractivity contribution in [3.63, 3.8) is 0 Å². The molecular weight excluding hydrogens is 310 g/mol. The number of thiophene rings is 1. The second kappa shape index (κ2) is 8.82. The van der Waals surface area contributed by atoms with Gasteiger partial charge in [0.25, 0.3) is 0 Å². The highest BCUT2D eigenvalue weighted by molar-refractivity contribution is 7.31. The number of hydrogen-bond acceptors (Lipinski definition) is 1. The number of hydrogen-bond donors (Lipinski definition) is 1. The maximum Gasteiger partial charge on any atom is 0.175 e. The Balaban J connectivity index is 1.75. The minimum atomic E-state index is 0.174. The Morgan fingerprint density at radius 1 is 1.04 bits per heavy atom. The highest BCUT2D eigenvalue weighted by Crippen LogP contribution is 2.40. The van der Waals surface area contributed by atoms with Crippen LogP contribution in [0.2, 0.25) is 0 Å². The van der Waals surface area contributed by atoms with E-state index in [1.165, 1.54) is 50.5 Å². The Morgan fingerprint density at radius 2 is 1.79 bits per heavy atom. The van der Waals surface area contributed by atoms with Crippen molar-refractivity contribution in [1.29, 1.82) is 0 Å². The van der Waals surface area contributed by atoms with E-state index < -0.39 is 0 Å². The van der Waals surface area contributed by atoms with Crippen LogP contribution in [0.15, 0.2) is 41.8 Å². The summed E-state index contributed by atoms with van der Waals surface area (Å²) in [5.74, 6) is 1.53. The fourth-order valence-corrected chi connectivity index (χ4v) is 6.11. The standard InChI is InChI=1S/C22H32NS/c1-3-23-24-15-14-21(20-12-8-5-9-13-20)22(24)17-18(2)16-19-10-6-4-7-11-19/h4,6-7,10-11,14-15,18,20,23H,3,5,8-9,12-13,16-17H2,1-2H3/q+1. The molecule has 0 saturated heterocycles. The molecule has 1 fully saturated rings. The van der Waals surface area contributed by atoms with Crippen molar-refractivity contribution in [2.45, 2.75) is 64.7 Å². The van der Waals surface area contributed by atoms with E-state index >= 15 is 0 Å². The van der Waals surface area contributed by atoms with Crippen LogP contribution in [0.5, 0.6) is 0 Å². The number of nitrogens with one attached hydrogen (secondary N) is 1. The van der Waals surface area contributed by atoms with Gasteiger partial charge in [0.2, 0.25) is 0 Å². The molecule has 3 rings (SSSR count). The fourth-order valence-electron chi connectivity index (χ4n) is 4.12. The maximum atomic E-state index is 3.72. The molecule has 1 aromatic carbocycles. The van der Waals surface area contributed by atoms with Crippen molar-refractivity contribution < 1.29 is 0 Å². The molecule has 1 N–H and O–H groups in total. The molecule has 0 amide bonds. The highest BCUT2D eigenvalue weighted by atomic mass is 32.2. The van der Waals surface area contributed by atoms with Crippen LogP contribution >= 0.6 is 10.7 Å². The van der Waals surface area contributed by atoms with Crippen molar-refractivity contribution in [2.24, 2.45) is 5.92 Å². The molecule has 0 bridgehead atoms. The topological polar surface area (TPSA) is 12.0 Å². The molecule has 1 aromatic heterocycles. The van der Waals surface area contributed by atoms with Crippen molar-refractivity contribution in [1.82, 2.24) is 0 Å². The summed E-state index contributed by atoms with van der Waals surface area (Å²) in [6.45, 7) is 5.71. The van der Waals surface area contributed by atoms with Gasteiger partial charge in [0.1, 0.15) is 0 Å². The predicted molar refractivity (Wildman–Crippen MR) is 108 cm³/mol. The van der Waals surface area contributed by atoms with E-state index in [9.17, 15) is 0 Å². The van der Waals surface area contributed by atoms with E-state index in [0.29, 0.717) is 5.92 Å². The average molecular weight is 343 g/mol. The summed E-state index contributed by atoms with van der Waals surface area (Å²) in [5.41, 5.74) is 3.16. The molecule has 130 valence electrons. The molecule has 2 heteroatoms. The Hall–Kier alpha value is -1.12. The molecule has 1 heterocycles. The van der Waals surface area contributed by atoms with E-state index in [1.807, 2.05) is 0 Å². The van der Waals surface area contributed by atoms with Gasteiger partial charge in [-0.25, -0.2) is 0 Å². The zero-order valence-corrected chi connectivity index (χ0v) is 16.1. The number of benzene rings is 1. The highest BCUT2D eigenvalue weighted by Gasteiger charge is 2.28. The van der Waals surface area contributed by atoms with Gasteiger partial charge in [0.15, 0.2) is 10.3 Å². The Kier molecular flexibility index (Phi) is 6.51. The smallest absolute Gasteiger partial charge is 0.118 e. The van der Waals surface area contributed by atoms with Crippen LogP contribution in [0, 0.1) is 5.92 Å². The molecular formula is C22H32NS+. The lowest BCUT2D eigenvalue weighted by Crippen LogP contribution is -2.10. The first-order chi connectivity index (χ1) is 11.8. The van der Waals surface area contributed by atoms with Gasteiger partial charge in [0.05, 0.1) is 10.7 Å². The molecule has 0 aliphatic heterocycles. The summed E-state index contributed by atoms with van der Waals surface area (Å²) in [5, 5.41) is 2.44. The first kappa shape index (κ1) is 17.7. The van der Waals surface area contributed by atoms with Crippen molar-refractivity contribution in [2.75, 3.05) is 11.3 Å². The van der Waals surface area contributed by atoms with Crippen molar-refractivity contribution in [3.05, 3.63) is 57.8 Å². The van der Waals surface area contributed by atoms with Gasteiger partial charge >= 0.3 is 0 Å². The van der Waals surface area contributed by atoms with Crippen molar-refractivity contribution in [3.8, 4) is 0 Å². The quantitative estimate of drug-likeness (QED) is 0.569. The lowest BCUT2D eigenvalue weighted by Gasteiger charge is -2.21. The average Bonchev–Trinajstić information content (AvgIpc) is 2.99. The summed E-state index contributed by atoms with van der Waals surface area (Å²) < 4.78 is 3.72. The van der Waals surface area contributed by atoms with Crippen LogP contribution in [0.3, 0.4) is 0 Å². The van der Waals surface area contributed by atoms with Gasteiger partial charge in [-0.1, -0.05) is 56.5 Å². The van der Waals surface area contributed by atoms with Crippen LogP contribution < -0.4 is 4.72 Å². The zero-order chi connectivity index (χ0) is 16.8. The molecule has 1 aliphatic rings. The van der Waals surface area contributed by atoms with Gasteiger partial charge in [-0.3, -0.25) is 0 Å². The molecule has 2 atom stereocenters. The third kappa shape index (κ3) is 4.49. The zero-order valence-electron chi connectivity index (χ0n) is 15.3. The van der Waals surface area contributed by atoms with Crippen LogP contribution in [0.1, 0.15) is 67.9 Å². The lowest BCUT2D eigenvalue weighted by molar-refractivity contribution is 0.440. The Labute approximate surface area is 150 Å². The van der Waals surface area contributed by atoms with Gasteiger partial charge in [0, 0.05) is 24.6 Å². The van der Waals surface area contributed by atoms with Gasteiger partial charge in [-0.15, -0.1) is 4.72 Å². The van der Waals surface area contributed by atoms with E-state index in [2.05, 4.69) is 60.3 Å². The first-order valence-electron chi connectivity index (χ1n) is 9.69. The summed E-state index contributed by atoms with van der Waals surface area (Å²) in [7, 11) is 0.174. The Bertz CT molecular complexity index is 610. The van der Waals surface area contributed by atoms with Crippen LogP contribution in [-0.4, -0.2) is 6.54 Å². The van der Waals surface area contributed by atoms with Gasteiger partial charge in [-0.05, 0) is 43.6 Å². The third-order valence-corrected chi connectivity index (χ3v) is 7.22. The maximum absolute atomic E-state index is 3.72. The summed E-state index contributed by atoms with van der Waals surface area (Å²) >= 11 is 0. The normalized spacial score (nSPS) is 17.8. The SMILES string of the molecule is CCN[s+]1ccc(C2CCCCC2)c1CC(C)Cc1ccccc1. The molecule has 2 unspecified atom stereocenters. The van der Waals surface area contributed by atoms with Crippen LogP contribution in [-0.2, 0) is 12.8 Å². The third-order valence-electron chi connectivity index (χ3n) is 5.28. The van der Waals surface area contributed by atoms with Crippen LogP contribution in [0.4, 0.5) is 0 Å². The molecule has 24 heavy (non-hydrogen) atoms. The van der Waals surface area contributed by atoms with Crippen molar-refractivity contribution >= 4 is 10.7 Å². The molecule has 1 aliphatic carbocycles. The predicted octanol–water partition coefficient (Wildman–Crippen LogP) is 6.47. The van der Waals surface area contributed by atoms with E-state index in [0.717, 1.165) is 12.5 Å². The summed E-state index contributed by atoms with van der Waals surface area (Å²) in [6, 6.07) is 13.4. The number of rotatable bonds is 7. The van der Waals surface area contributed by atoms with E-state index in [-0.39, 0.29) is 10.7 Å². The molecule has 0 spiro atoms. The molecule has 1 saturated carbocycles. The monoisotopic (exact) mass is 342 g/mol. The lowest BCUT2D eigenvalue weighted by atomic mass is 9.83. The van der Waals surface area contributed by atoms with Gasteiger partial charge in [-0.2, -0.15) is 0 Å². The second-order valence-corrected chi connectivity index (χ2v) is 9.08. The summed E-state index contributed by atoms with van der Waals surface area (Å²) in [6.07, 6.45) is 9.51. The second-order valence-electron chi connectivity index (χ2n) is 7.35. The van der Waals surface area contributed by atoms with Crippen LogP contribution in [0.25, 0.3) is 0 Å². The summed E-state index contributed by atoms with van der Waals surface area (Å²) in [4.78, 5) is 1.71. The van der Waals surface area contributed by atoms with E-state index in [4.69, 9.17) is 0 Å². The minimum Gasteiger partial charge on any atom is -0.118 e. The fraction of sp³-hybridized carbons (Fsp3) is 0.545. The largest absolute Gasteiger partial charge is 0.175 e. The molecule has 1 nitrogen and oxygen atoms in total. The van der Waals surface area contributed by atoms with Gasteiger partial charge < -0.3 is 0 Å².